The fraction of sp³-hybridized carbons (Fsp3) is 0.556. The second kappa shape index (κ2) is 7.19. The maximum Gasteiger partial charge on any atom is 0.228 e. The van der Waals surface area contributed by atoms with E-state index in [0.29, 0.717) is 24.5 Å². The van der Waals surface area contributed by atoms with Gasteiger partial charge in [-0.25, -0.2) is 8.42 Å². The average molecular weight is 399 g/mol. The van der Waals surface area contributed by atoms with Crippen LogP contribution in [0.1, 0.15) is 25.3 Å². The van der Waals surface area contributed by atoms with Gasteiger partial charge in [0.15, 0.2) is 9.84 Å². The van der Waals surface area contributed by atoms with Crippen LogP contribution in [0.5, 0.6) is 0 Å². The van der Waals surface area contributed by atoms with Crippen LogP contribution >= 0.6 is 11.6 Å². The van der Waals surface area contributed by atoms with E-state index in [1.54, 1.807) is 21.9 Å². The van der Waals surface area contributed by atoms with Gasteiger partial charge in [0.1, 0.15) is 0 Å². The summed E-state index contributed by atoms with van der Waals surface area (Å²) >= 11 is 6.06. The molecule has 1 aromatic carbocycles. The van der Waals surface area contributed by atoms with E-state index >= 15 is 0 Å². The van der Waals surface area contributed by atoms with Gasteiger partial charge in [-0.2, -0.15) is 0 Å². The molecule has 142 valence electrons. The van der Waals surface area contributed by atoms with Crippen LogP contribution in [0.3, 0.4) is 0 Å². The van der Waals surface area contributed by atoms with Crippen LogP contribution in [-0.4, -0.2) is 55.8 Å². The highest BCUT2D eigenvalue weighted by molar-refractivity contribution is 7.91. The van der Waals surface area contributed by atoms with Crippen molar-refractivity contribution in [3.8, 4) is 0 Å². The first-order valence-corrected chi connectivity index (χ1v) is 11.0. The molecule has 0 N–H and O–H groups in total. The van der Waals surface area contributed by atoms with Crippen LogP contribution in [-0.2, 0) is 19.4 Å². The Hall–Kier alpha value is -1.60. The number of rotatable bonds is 4. The van der Waals surface area contributed by atoms with Crippen molar-refractivity contribution in [1.29, 1.82) is 0 Å². The quantitative estimate of drug-likeness (QED) is 0.777. The lowest BCUT2D eigenvalue weighted by atomic mass is 10.1. The number of benzene rings is 1. The zero-order valence-corrected chi connectivity index (χ0v) is 16.5. The van der Waals surface area contributed by atoms with E-state index in [-0.39, 0.29) is 35.8 Å². The lowest BCUT2D eigenvalue weighted by Crippen LogP contribution is -2.44. The third-order valence-electron chi connectivity index (χ3n) is 5.21. The predicted octanol–water partition coefficient (Wildman–Crippen LogP) is 2.04. The van der Waals surface area contributed by atoms with Gasteiger partial charge in [0, 0.05) is 36.3 Å². The number of hydrogen-bond donors (Lipinski definition) is 0. The van der Waals surface area contributed by atoms with E-state index in [9.17, 15) is 18.0 Å². The summed E-state index contributed by atoms with van der Waals surface area (Å²) in [5, 5.41) is 0.541. The third kappa shape index (κ3) is 3.74. The molecule has 2 aliphatic rings. The zero-order valence-electron chi connectivity index (χ0n) is 14.9. The van der Waals surface area contributed by atoms with Crippen molar-refractivity contribution < 1.29 is 18.0 Å². The number of hydrogen-bond acceptors (Lipinski definition) is 4. The van der Waals surface area contributed by atoms with Crippen LogP contribution in [0.25, 0.3) is 0 Å². The van der Waals surface area contributed by atoms with Crippen LogP contribution in [0.2, 0.25) is 5.02 Å². The highest BCUT2D eigenvalue weighted by Crippen LogP contribution is 2.31. The largest absolute Gasteiger partial charge is 0.339 e. The summed E-state index contributed by atoms with van der Waals surface area (Å²) in [6.45, 7) is 4.49. The Morgan fingerprint density at radius 2 is 2.12 bits per heavy atom. The Bertz CT molecular complexity index is 840. The maximum atomic E-state index is 13.0. The number of amides is 2. The smallest absolute Gasteiger partial charge is 0.228 e. The molecule has 0 aromatic heterocycles. The van der Waals surface area contributed by atoms with Gasteiger partial charge < -0.3 is 9.80 Å². The number of anilines is 1. The molecule has 2 aliphatic heterocycles. The van der Waals surface area contributed by atoms with Gasteiger partial charge in [-0.15, -0.1) is 0 Å². The van der Waals surface area contributed by atoms with Crippen LogP contribution in [0.4, 0.5) is 5.69 Å². The number of halogens is 1. The Kier molecular flexibility index (Phi) is 5.30. The number of sulfone groups is 1. The van der Waals surface area contributed by atoms with Crippen molar-refractivity contribution in [2.45, 2.75) is 32.7 Å². The van der Waals surface area contributed by atoms with E-state index in [1.165, 1.54) is 0 Å². The Balaban J connectivity index is 1.77. The van der Waals surface area contributed by atoms with Gasteiger partial charge in [-0.3, -0.25) is 9.59 Å². The molecular formula is C18H23ClN2O4S. The second-order valence-electron chi connectivity index (χ2n) is 7.02. The summed E-state index contributed by atoms with van der Waals surface area (Å²) in [5.41, 5.74) is 1.65. The molecule has 8 heteroatoms. The molecule has 1 aromatic rings. The number of carbonyl (C=O) groups excluding carboxylic acids is 2. The highest BCUT2D eigenvalue weighted by Gasteiger charge is 2.41. The SMILES string of the molecule is CCN(C(=O)C1CC(=O)N(c2cc(Cl)ccc2C)C1)C1CCS(=O)(=O)C1. The van der Waals surface area contributed by atoms with Gasteiger partial charge in [0.25, 0.3) is 0 Å². The first-order chi connectivity index (χ1) is 12.2. The van der Waals surface area contributed by atoms with Crippen LogP contribution < -0.4 is 4.90 Å². The molecule has 6 nitrogen and oxygen atoms in total. The average Bonchev–Trinajstić information content (AvgIpc) is 3.13. The summed E-state index contributed by atoms with van der Waals surface area (Å²) in [6.07, 6.45) is 0.612. The molecule has 2 unspecified atom stereocenters. The molecule has 0 spiro atoms. The minimum atomic E-state index is -3.07. The van der Waals surface area contributed by atoms with Gasteiger partial charge in [-0.05, 0) is 38.0 Å². The Morgan fingerprint density at radius 3 is 2.73 bits per heavy atom. The first-order valence-electron chi connectivity index (χ1n) is 8.79. The molecule has 2 saturated heterocycles. The summed E-state index contributed by atoms with van der Waals surface area (Å²) in [6, 6.07) is 5.07. The molecule has 26 heavy (non-hydrogen) atoms. The molecule has 3 rings (SSSR count). The molecule has 0 bridgehead atoms. The van der Waals surface area contributed by atoms with Crippen molar-refractivity contribution in [2.24, 2.45) is 5.92 Å². The summed E-state index contributed by atoms with van der Waals surface area (Å²) in [7, 11) is -3.07. The lowest BCUT2D eigenvalue weighted by Gasteiger charge is -2.29. The molecule has 2 heterocycles. The number of nitrogens with zero attached hydrogens (tertiary/aromatic N) is 2. The minimum absolute atomic E-state index is 0.0182. The second-order valence-corrected chi connectivity index (χ2v) is 9.68. The van der Waals surface area contributed by atoms with E-state index in [0.717, 1.165) is 11.3 Å². The van der Waals surface area contributed by atoms with Crippen molar-refractivity contribution in [3.05, 3.63) is 28.8 Å². The molecule has 0 radical (unpaired) electrons. The van der Waals surface area contributed by atoms with Crippen molar-refractivity contribution in [1.82, 2.24) is 4.90 Å². The summed E-state index contributed by atoms with van der Waals surface area (Å²) < 4.78 is 23.5. The molecule has 2 amide bonds. The van der Waals surface area contributed by atoms with E-state index in [2.05, 4.69) is 0 Å². The fourth-order valence-electron chi connectivity index (χ4n) is 3.83. The fourth-order valence-corrected chi connectivity index (χ4v) is 5.73. The normalized spacial score (nSPS) is 24.9. The van der Waals surface area contributed by atoms with Crippen molar-refractivity contribution >= 4 is 38.9 Å². The zero-order chi connectivity index (χ0) is 19.1. The van der Waals surface area contributed by atoms with Crippen LogP contribution in [0, 0.1) is 12.8 Å². The molecule has 0 aliphatic carbocycles. The monoisotopic (exact) mass is 398 g/mol. The van der Waals surface area contributed by atoms with Gasteiger partial charge in [0.2, 0.25) is 11.8 Å². The van der Waals surface area contributed by atoms with E-state index in [4.69, 9.17) is 11.6 Å². The standard InChI is InChI=1S/C18H23ClN2O4S/c1-3-20(15-6-7-26(24,25)11-15)18(23)13-8-17(22)21(10-13)16-9-14(19)5-4-12(16)2/h4-5,9,13,15H,3,6-8,10-11H2,1-2H3. The molecule has 2 atom stereocenters. The number of carbonyl (C=O) groups is 2. The molecule has 2 fully saturated rings. The van der Waals surface area contributed by atoms with Gasteiger partial charge >= 0.3 is 0 Å². The predicted molar refractivity (Wildman–Crippen MR) is 101 cm³/mol. The lowest BCUT2D eigenvalue weighted by molar-refractivity contribution is -0.137. The Morgan fingerprint density at radius 1 is 1.38 bits per heavy atom. The van der Waals surface area contributed by atoms with Crippen molar-refractivity contribution in [2.75, 3.05) is 29.5 Å². The Labute approximate surface area is 159 Å². The topological polar surface area (TPSA) is 74.8 Å². The third-order valence-corrected chi connectivity index (χ3v) is 7.19. The minimum Gasteiger partial charge on any atom is -0.339 e. The maximum absolute atomic E-state index is 13.0. The first kappa shape index (κ1) is 19.2. The van der Waals surface area contributed by atoms with Crippen molar-refractivity contribution in [3.63, 3.8) is 0 Å². The van der Waals surface area contributed by atoms with E-state index in [1.807, 2.05) is 19.9 Å². The van der Waals surface area contributed by atoms with Gasteiger partial charge in [0.05, 0.1) is 17.4 Å². The summed E-state index contributed by atoms with van der Waals surface area (Å²) in [5.74, 6) is -0.554. The highest BCUT2D eigenvalue weighted by atomic mass is 35.5. The van der Waals surface area contributed by atoms with E-state index < -0.39 is 15.8 Å². The molecular weight excluding hydrogens is 376 g/mol. The van der Waals surface area contributed by atoms with Gasteiger partial charge in [-0.1, -0.05) is 17.7 Å². The molecule has 0 saturated carbocycles. The van der Waals surface area contributed by atoms with Crippen LogP contribution in [0.15, 0.2) is 18.2 Å². The number of aryl methyl sites for hydroxylation is 1. The summed E-state index contributed by atoms with van der Waals surface area (Å²) in [4.78, 5) is 28.7.